The molecule has 0 aliphatic rings. The van der Waals surface area contributed by atoms with Crippen LogP contribution < -0.4 is 5.32 Å². The topological polar surface area (TPSA) is 88.4 Å². The number of carbonyl (C=O) groups excluding carboxylic acids is 2. The van der Waals surface area contributed by atoms with Gasteiger partial charge < -0.3 is 15.0 Å². The maximum Gasteiger partial charge on any atom is 0.416 e. The summed E-state index contributed by atoms with van der Waals surface area (Å²) in [6, 6.07) is 18.2. The number of aliphatic carboxylic acids is 1. The molecule has 0 bridgehead atoms. The molecule has 0 saturated heterocycles. The summed E-state index contributed by atoms with van der Waals surface area (Å²) < 4.78 is 42.3. The number of amides is 1. The standard InChI is InChI=1S/C32H30ClF3N2O4/c1-31(2,3)25(15-19-7-9-20(10-8-19)30(42)37-14-13-28(39)40)29(41)27-17-21-16-23(33)11-12-26(21)38(27)24-6-4-5-22(18-24)32(34,35)36/h4-12,16-18,25H,13-15H2,1-3H3,(H,37,42)(H,39,40)/t25-/m1/s1. The second-order valence-corrected chi connectivity index (χ2v) is 11.6. The number of ketones is 1. The number of carboxylic acid groups (broad SMARTS) is 1. The Labute approximate surface area is 246 Å². The number of alkyl halides is 3. The molecule has 3 aromatic carbocycles. The van der Waals surface area contributed by atoms with Gasteiger partial charge in [-0.2, -0.15) is 13.2 Å². The summed E-state index contributed by atoms with van der Waals surface area (Å²) in [5.74, 6) is -2.24. The first kappa shape index (κ1) is 30.8. The fourth-order valence-electron chi connectivity index (χ4n) is 4.85. The number of hydrogen-bond acceptors (Lipinski definition) is 3. The maximum absolute atomic E-state index is 14.3. The summed E-state index contributed by atoms with van der Waals surface area (Å²) in [6.45, 7) is 5.78. The quantitative estimate of drug-likeness (QED) is 0.194. The van der Waals surface area contributed by atoms with Crippen LogP contribution in [0.25, 0.3) is 16.6 Å². The Kier molecular flexibility index (Phi) is 8.82. The van der Waals surface area contributed by atoms with E-state index in [0.717, 1.165) is 17.7 Å². The van der Waals surface area contributed by atoms with E-state index >= 15 is 0 Å². The maximum atomic E-state index is 14.3. The molecule has 1 aromatic heterocycles. The molecule has 0 fully saturated rings. The number of nitrogens with one attached hydrogen (secondary N) is 1. The van der Waals surface area contributed by atoms with Crippen molar-refractivity contribution in [2.75, 3.05) is 6.54 Å². The molecule has 42 heavy (non-hydrogen) atoms. The largest absolute Gasteiger partial charge is 0.481 e. The zero-order valence-electron chi connectivity index (χ0n) is 23.3. The van der Waals surface area contributed by atoms with Gasteiger partial charge in [0.2, 0.25) is 0 Å². The number of aromatic nitrogens is 1. The Balaban J connectivity index is 1.71. The van der Waals surface area contributed by atoms with Gasteiger partial charge in [-0.25, -0.2) is 0 Å². The van der Waals surface area contributed by atoms with Crippen LogP contribution >= 0.6 is 11.6 Å². The predicted molar refractivity (Wildman–Crippen MR) is 155 cm³/mol. The number of rotatable bonds is 9. The van der Waals surface area contributed by atoms with Crippen molar-refractivity contribution >= 4 is 40.2 Å². The van der Waals surface area contributed by atoms with E-state index in [2.05, 4.69) is 5.32 Å². The predicted octanol–water partition coefficient (Wildman–Crippen LogP) is 7.59. The number of hydrogen-bond donors (Lipinski definition) is 2. The molecule has 0 aliphatic carbocycles. The summed E-state index contributed by atoms with van der Waals surface area (Å²) in [6.07, 6.45) is -4.43. The number of carbonyl (C=O) groups is 3. The molecular weight excluding hydrogens is 569 g/mol. The third-order valence-electron chi connectivity index (χ3n) is 7.09. The zero-order chi connectivity index (χ0) is 30.8. The van der Waals surface area contributed by atoms with Crippen LogP contribution in [-0.4, -0.2) is 33.9 Å². The van der Waals surface area contributed by atoms with Gasteiger partial charge in [-0.1, -0.05) is 50.6 Å². The summed E-state index contributed by atoms with van der Waals surface area (Å²) >= 11 is 6.21. The molecule has 0 unspecified atom stereocenters. The smallest absolute Gasteiger partial charge is 0.416 e. The van der Waals surface area contributed by atoms with E-state index < -0.39 is 34.9 Å². The Hall–Kier alpha value is -4.11. The van der Waals surface area contributed by atoms with Gasteiger partial charge in [0.05, 0.1) is 23.2 Å². The van der Waals surface area contributed by atoms with Gasteiger partial charge in [0.15, 0.2) is 5.78 Å². The molecule has 10 heteroatoms. The van der Waals surface area contributed by atoms with Crippen LogP contribution in [0.1, 0.15) is 59.2 Å². The molecule has 6 nitrogen and oxygen atoms in total. The average molecular weight is 599 g/mol. The fourth-order valence-corrected chi connectivity index (χ4v) is 5.03. The third-order valence-corrected chi connectivity index (χ3v) is 7.33. The second kappa shape index (κ2) is 12.0. The van der Waals surface area contributed by atoms with E-state index in [4.69, 9.17) is 16.7 Å². The van der Waals surface area contributed by atoms with Crippen molar-refractivity contribution in [1.82, 2.24) is 9.88 Å². The van der Waals surface area contributed by atoms with Crippen molar-refractivity contribution in [2.24, 2.45) is 11.3 Å². The lowest BCUT2D eigenvalue weighted by Crippen LogP contribution is -2.32. The Morgan fingerprint density at radius 1 is 0.952 bits per heavy atom. The van der Waals surface area contributed by atoms with Crippen LogP contribution in [0.15, 0.2) is 72.8 Å². The Morgan fingerprint density at radius 2 is 1.64 bits per heavy atom. The third kappa shape index (κ3) is 7.02. The van der Waals surface area contributed by atoms with E-state index in [9.17, 15) is 27.6 Å². The van der Waals surface area contributed by atoms with Gasteiger partial charge in [-0.15, -0.1) is 0 Å². The molecule has 1 amide bonds. The molecule has 4 aromatic rings. The molecule has 0 saturated carbocycles. The zero-order valence-corrected chi connectivity index (χ0v) is 24.0. The van der Waals surface area contributed by atoms with Gasteiger partial charge in [0, 0.05) is 34.1 Å². The Bertz CT molecular complexity index is 1640. The number of nitrogens with zero attached hydrogens (tertiary/aromatic N) is 1. The van der Waals surface area contributed by atoms with Crippen molar-refractivity contribution in [3.8, 4) is 5.69 Å². The molecule has 0 radical (unpaired) electrons. The lowest BCUT2D eigenvalue weighted by atomic mass is 9.74. The molecule has 0 spiro atoms. The van der Waals surface area contributed by atoms with Crippen molar-refractivity contribution in [1.29, 1.82) is 0 Å². The lowest BCUT2D eigenvalue weighted by Gasteiger charge is -2.30. The van der Waals surface area contributed by atoms with Gasteiger partial charge in [-0.05, 0) is 72.0 Å². The highest BCUT2D eigenvalue weighted by Crippen LogP contribution is 2.37. The van der Waals surface area contributed by atoms with E-state index in [1.807, 2.05) is 20.8 Å². The number of benzene rings is 3. The number of halogens is 4. The summed E-state index contributed by atoms with van der Waals surface area (Å²) in [4.78, 5) is 37.3. The summed E-state index contributed by atoms with van der Waals surface area (Å²) in [7, 11) is 0. The summed E-state index contributed by atoms with van der Waals surface area (Å²) in [5.41, 5.74) is 0.773. The minimum absolute atomic E-state index is 0.00160. The number of fused-ring (bicyclic) bond motifs is 1. The van der Waals surface area contributed by atoms with Crippen LogP contribution in [0.2, 0.25) is 5.02 Å². The monoisotopic (exact) mass is 598 g/mol. The van der Waals surface area contributed by atoms with Crippen LogP contribution in [0.5, 0.6) is 0 Å². The minimum Gasteiger partial charge on any atom is -0.481 e. The van der Waals surface area contributed by atoms with E-state index in [1.165, 1.54) is 12.1 Å². The van der Waals surface area contributed by atoms with Crippen molar-refractivity contribution in [3.05, 3.63) is 100 Å². The molecule has 1 atom stereocenters. The first-order valence-corrected chi connectivity index (χ1v) is 13.6. The molecule has 0 aliphatic heterocycles. The number of Topliss-reactive ketones (excluding diaryl/α,β-unsaturated/α-hetero) is 1. The highest BCUT2D eigenvalue weighted by atomic mass is 35.5. The normalized spacial score (nSPS) is 12.7. The fraction of sp³-hybridized carbons (Fsp3) is 0.281. The van der Waals surface area contributed by atoms with Gasteiger partial charge in [0.25, 0.3) is 5.91 Å². The van der Waals surface area contributed by atoms with Crippen LogP contribution in [0.4, 0.5) is 13.2 Å². The van der Waals surface area contributed by atoms with Gasteiger partial charge in [0.1, 0.15) is 0 Å². The SMILES string of the molecule is CC(C)(C)[C@H](Cc1ccc(C(=O)NCCC(=O)O)cc1)C(=O)c1cc2cc(Cl)ccc2n1-c1cccc(C(F)(F)F)c1. The van der Waals surface area contributed by atoms with E-state index in [0.29, 0.717) is 27.9 Å². The second-order valence-electron chi connectivity index (χ2n) is 11.2. The Morgan fingerprint density at radius 3 is 2.26 bits per heavy atom. The molecular formula is C32H30ClF3N2O4. The highest BCUT2D eigenvalue weighted by molar-refractivity contribution is 6.31. The first-order valence-electron chi connectivity index (χ1n) is 13.3. The van der Waals surface area contributed by atoms with Crippen molar-refractivity contribution in [2.45, 2.75) is 39.8 Å². The first-order chi connectivity index (χ1) is 19.6. The van der Waals surface area contributed by atoms with Crippen LogP contribution in [0.3, 0.4) is 0 Å². The van der Waals surface area contributed by atoms with Crippen molar-refractivity contribution in [3.63, 3.8) is 0 Å². The molecule has 4 rings (SSSR count). The highest BCUT2D eigenvalue weighted by Gasteiger charge is 2.35. The minimum atomic E-state index is -4.56. The van der Waals surface area contributed by atoms with E-state index in [-0.39, 0.29) is 30.1 Å². The summed E-state index contributed by atoms with van der Waals surface area (Å²) in [5, 5.41) is 12.4. The molecule has 1 heterocycles. The number of carboxylic acids is 1. The van der Waals surface area contributed by atoms with Crippen LogP contribution in [0, 0.1) is 11.3 Å². The molecule has 2 N–H and O–H groups in total. The van der Waals surface area contributed by atoms with Gasteiger partial charge >= 0.3 is 12.1 Å². The van der Waals surface area contributed by atoms with Crippen molar-refractivity contribution < 1.29 is 32.7 Å². The van der Waals surface area contributed by atoms with E-state index in [1.54, 1.807) is 53.1 Å². The average Bonchev–Trinajstić information content (AvgIpc) is 3.29. The molecule has 220 valence electrons. The van der Waals surface area contributed by atoms with Gasteiger partial charge in [-0.3, -0.25) is 14.4 Å². The lowest BCUT2D eigenvalue weighted by molar-refractivity contribution is -0.138. The van der Waals surface area contributed by atoms with Crippen LogP contribution in [-0.2, 0) is 17.4 Å².